The molecule has 0 heterocycles. The van der Waals surface area contributed by atoms with Crippen LogP contribution in [0.3, 0.4) is 0 Å². The van der Waals surface area contributed by atoms with Gasteiger partial charge in [-0.25, -0.2) is 0 Å². The lowest BCUT2D eigenvalue weighted by Crippen LogP contribution is -2.20. The van der Waals surface area contributed by atoms with Gasteiger partial charge in [0.1, 0.15) is 5.75 Å². The molecule has 0 unspecified atom stereocenters. The summed E-state index contributed by atoms with van der Waals surface area (Å²) in [5, 5.41) is 5.59. The molecule has 8 heteroatoms. The van der Waals surface area contributed by atoms with Crippen LogP contribution >= 0.6 is 15.9 Å². The Hall–Kier alpha value is -3.52. The Morgan fingerprint density at radius 2 is 1.56 bits per heavy atom. The van der Waals surface area contributed by atoms with E-state index in [1.807, 2.05) is 25.1 Å². The zero-order valence-electron chi connectivity index (χ0n) is 17.9. The minimum absolute atomic E-state index is 0.216. The van der Waals surface area contributed by atoms with Crippen LogP contribution in [0.4, 0.5) is 11.4 Å². The van der Waals surface area contributed by atoms with Crippen LogP contribution in [0, 0.1) is 6.92 Å². The van der Waals surface area contributed by atoms with E-state index in [9.17, 15) is 9.59 Å². The first-order valence-corrected chi connectivity index (χ1v) is 10.5. The van der Waals surface area contributed by atoms with Gasteiger partial charge in [0.15, 0.2) is 18.1 Å². The van der Waals surface area contributed by atoms with Crippen LogP contribution in [0.15, 0.2) is 65.1 Å². The second-order valence-electron chi connectivity index (χ2n) is 6.85. The number of hydrogen-bond acceptors (Lipinski definition) is 5. The molecule has 2 N–H and O–H groups in total. The molecule has 2 amide bonds. The summed E-state index contributed by atoms with van der Waals surface area (Å²) in [4.78, 5) is 24.8. The number of benzene rings is 3. The number of ether oxygens (including phenoxy) is 3. The van der Waals surface area contributed by atoms with Crippen molar-refractivity contribution in [2.24, 2.45) is 0 Å². The largest absolute Gasteiger partial charge is 0.497 e. The smallest absolute Gasteiger partial charge is 0.262 e. The monoisotopic (exact) mass is 498 g/mol. The number of amides is 2. The van der Waals surface area contributed by atoms with E-state index in [0.717, 1.165) is 10.0 Å². The average Bonchev–Trinajstić information content (AvgIpc) is 2.80. The summed E-state index contributed by atoms with van der Waals surface area (Å²) in [6, 6.07) is 17.3. The fourth-order valence-electron chi connectivity index (χ4n) is 2.87. The van der Waals surface area contributed by atoms with Crippen LogP contribution in [0.5, 0.6) is 17.2 Å². The molecule has 0 aliphatic heterocycles. The molecule has 3 aromatic rings. The molecule has 7 nitrogen and oxygen atoms in total. The van der Waals surface area contributed by atoms with Gasteiger partial charge in [-0.1, -0.05) is 15.9 Å². The van der Waals surface area contributed by atoms with Crippen molar-refractivity contribution >= 4 is 39.1 Å². The minimum atomic E-state index is -0.329. The van der Waals surface area contributed by atoms with Gasteiger partial charge in [-0.05, 0) is 73.2 Å². The molecule has 166 valence electrons. The summed E-state index contributed by atoms with van der Waals surface area (Å²) >= 11 is 3.44. The van der Waals surface area contributed by atoms with Crippen molar-refractivity contribution in [3.63, 3.8) is 0 Å². The van der Waals surface area contributed by atoms with E-state index in [1.165, 1.54) is 7.11 Å². The van der Waals surface area contributed by atoms with E-state index in [4.69, 9.17) is 14.2 Å². The number of methoxy groups -OCH3 is 2. The highest BCUT2D eigenvalue weighted by Gasteiger charge is 2.13. The van der Waals surface area contributed by atoms with Crippen molar-refractivity contribution in [3.8, 4) is 17.2 Å². The van der Waals surface area contributed by atoms with Crippen molar-refractivity contribution < 1.29 is 23.8 Å². The Bertz CT molecular complexity index is 1120. The number of rotatable bonds is 8. The van der Waals surface area contributed by atoms with E-state index >= 15 is 0 Å². The van der Waals surface area contributed by atoms with E-state index in [1.54, 1.807) is 49.6 Å². The molecular formula is C24H23BrN2O5. The second-order valence-corrected chi connectivity index (χ2v) is 7.70. The molecule has 0 aromatic heterocycles. The van der Waals surface area contributed by atoms with Crippen LogP contribution in [0.2, 0.25) is 0 Å². The van der Waals surface area contributed by atoms with E-state index in [0.29, 0.717) is 34.2 Å². The number of aryl methyl sites for hydroxylation is 1. The van der Waals surface area contributed by atoms with Crippen molar-refractivity contribution in [3.05, 3.63) is 76.3 Å². The van der Waals surface area contributed by atoms with Gasteiger partial charge in [0.25, 0.3) is 11.8 Å². The summed E-state index contributed by atoms with van der Waals surface area (Å²) in [5.41, 5.74) is 2.72. The van der Waals surface area contributed by atoms with Gasteiger partial charge in [0.05, 0.1) is 14.2 Å². The highest BCUT2D eigenvalue weighted by Crippen LogP contribution is 2.29. The number of carbonyl (C=O) groups excluding carboxylic acids is 2. The van der Waals surface area contributed by atoms with Gasteiger partial charge in [-0.15, -0.1) is 0 Å². The maximum absolute atomic E-state index is 12.6. The highest BCUT2D eigenvalue weighted by atomic mass is 79.9. The summed E-state index contributed by atoms with van der Waals surface area (Å²) in [6.45, 7) is 1.73. The van der Waals surface area contributed by atoms with Gasteiger partial charge in [0, 0.05) is 21.4 Å². The number of carbonyl (C=O) groups is 2. The third-order valence-electron chi connectivity index (χ3n) is 4.57. The summed E-state index contributed by atoms with van der Waals surface area (Å²) in [7, 11) is 3.05. The van der Waals surface area contributed by atoms with Gasteiger partial charge in [-0.3, -0.25) is 9.59 Å². The van der Waals surface area contributed by atoms with E-state index < -0.39 is 0 Å². The lowest BCUT2D eigenvalue weighted by atomic mass is 10.1. The SMILES string of the molecule is COc1ccc(NC(=O)COc2ccc(C(=O)Nc3ccc(Br)c(C)c3)cc2OC)cc1. The number of anilines is 2. The molecule has 3 aromatic carbocycles. The number of halogens is 1. The van der Waals surface area contributed by atoms with Crippen LogP contribution in [0.25, 0.3) is 0 Å². The Kier molecular flexibility index (Phi) is 7.72. The topological polar surface area (TPSA) is 85.9 Å². The molecular weight excluding hydrogens is 476 g/mol. The highest BCUT2D eigenvalue weighted by molar-refractivity contribution is 9.10. The molecule has 0 spiro atoms. The predicted molar refractivity (Wildman–Crippen MR) is 127 cm³/mol. The summed E-state index contributed by atoms with van der Waals surface area (Å²) in [5.74, 6) is 0.789. The quantitative estimate of drug-likeness (QED) is 0.454. The molecule has 3 rings (SSSR count). The van der Waals surface area contributed by atoms with Crippen molar-refractivity contribution in [1.29, 1.82) is 0 Å². The zero-order valence-corrected chi connectivity index (χ0v) is 19.5. The summed E-state index contributed by atoms with van der Waals surface area (Å²) < 4.78 is 17.0. The van der Waals surface area contributed by atoms with Crippen molar-refractivity contribution in [2.45, 2.75) is 6.92 Å². The molecule has 0 bridgehead atoms. The third kappa shape index (κ3) is 6.01. The van der Waals surface area contributed by atoms with Crippen LogP contribution < -0.4 is 24.8 Å². The molecule has 0 saturated heterocycles. The number of nitrogens with one attached hydrogen (secondary N) is 2. The standard InChI is InChI=1S/C24H23BrN2O5/c1-15-12-18(7-10-20(15)25)27-24(29)16-4-11-21(22(13-16)31-3)32-14-23(28)26-17-5-8-19(30-2)9-6-17/h4-13H,14H2,1-3H3,(H,26,28)(H,27,29). The van der Waals surface area contributed by atoms with Gasteiger partial charge in [-0.2, -0.15) is 0 Å². The predicted octanol–water partition coefficient (Wildman–Crippen LogP) is 5.04. The Labute approximate surface area is 194 Å². The number of hydrogen-bond donors (Lipinski definition) is 2. The molecule has 0 radical (unpaired) electrons. The first kappa shape index (κ1) is 23.1. The second kappa shape index (κ2) is 10.7. The molecule has 0 fully saturated rings. The third-order valence-corrected chi connectivity index (χ3v) is 5.46. The molecule has 0 saturated carbocycles. The fraction of sp³-hybridized carbons (Fsp3) is 0.167. The Balaban J connectivity index is 1.61. The van der Waals surface area contributed by atoms with Gasteiger partial charge < -0.3 is 24.8 Å². The molecule has 0 atom stereocenters. The lowest BCUT2D eigenvalue weighted by molar-refractivity contribution is -0.118. The van der Waals surface area contributed by atoms with E-state index in [2.05, 4.69) is 26.6 Å². The normalized spacial score (nSPS) is 10.2. The van der Waals surface area contributed by atoms with E-state index in [-0.39, 0.29) is 18.4 Å². The van der Waals surface area contributed by atoms with Crippen molar-refractivity contribution in [2.75, 3.05) is 31.5 Å². The zero-order chi connectivity index (χ0) is 23.1. The maximum Gasteiger partial charge on any atom is 0.262 e. The summed E-state index contributed by atoms with van der Waals surface area (Å²) in [6.07, 6.45) is 0. The Morgan fingerprint density at radius 3 is 2.22 bits per heavy atom. The van der Waals surface area contributed by atoms with Crippen LogP contribution in [0.1, 0.15) is 15.9 Å². The first-order chi connectivity index (χ1) is 15.4. The first-order valence-electron chi connectivity index (χ1n) is 9.72. The maximum atomic E-state index is 12.6. The molecule has 0 aliphatic carbocycles. The van der Waals surface area contributed by atoms with Crippen molar-refractivity contribution in [1.82, 2.24) is 0 Å². The van der Waals surface area contributed by atoms with Crippen LogP contribution in [-0.4, -0.2) is 32.6 Å². The van der Waals surface area contributed by atoms with Gasteiger partial charge in [0.2, 0.25) is 0 Å². The Morgan fingerprint density at radius 1 is 0.844 bits per heavy atom. The van der Waals surface area contributed by atoms with Gasteiger partial charge >= 0.3 is 0 Å². The minimum Gasteiger partial charge on any atom is -0.497 e. The van der Waals surface area contributed by atoms with Crippen LogP contribution in [-0.2, 0) is 4.79 Å². The molecule has 32 heavy (non-hydrogen) atoms. The fourth-order valence-corrected chi connectivity index (χ4v) is 3.12. The molecule has 0 aliphatic rings. The lowest BCUT2D eigenvalue weighted by Gasteiger charge is -2.13. The average molecular weight is 499 g/mol.